The van der Waals surface area contributed by atoms with E-state index in [2.05, 4.69) is 10.1 Å². The molecule has 0 atom stereocenters. The van der Waals surface area contributed by atoms with Gasteiger partial charge in [0.05, 0.1) is 17.6 Å². The van der Waals surface area contributed by atoms with Crippen LogP contribution >= 0.6 is 0 Å². The number of nitrogens with zero attached hydrogens (tertiary/aromatic N) is 1. The van der Waals surface area contributed by atoms with Crippen LogP contribution in [0, 0.1) is 17.0 Å². The third-order valence-corrected chi connectivity index (χ3v) is 3.26. The molecule has 8 heteroatoms. The van der Waals surface area contributed by atoms with E-state index in [4.69, 9.17) is 4.74 Å². The highest BCUT2D eigenvalue weighted by Crippen LogP contribution is 2.27. The van der Waals surface area contributed by atoms with Crippen molar-refractivity contribution in [1.82, 2.24) is 0 Å². The minimum atomic E-state index is -0.564. The molecule has 25 heavy (non-hydrogen) atoms. The summed E-state index contributed by atoms with van der Waals surface area (Å²) in [5.41, 5.74) is 1.33. The second-order valence-corrected chi connectivity index (χ2v) is 5.13. The van der Waals surface area contributed by atoms with E-state index < -0.39 is 16.8 Å². The highest BCUT2D eigenvalue weighted by molar-refractivity contribution is 5.93. The van der Waals surface area contributed by atoms with Crippen molar-refractivity contribution in [2.24, 2.45) is 0 Å². The van der Waals surface area contributed by atoms with Crippen LogP contribution in [-0.4, -0.2) is 30.5 Å². The molecule has 2 aromatic carbocycles. The molecule has 0 aromatic heterocycles. The fourth-order valence-electron chi connectivity index (χ4n) is 2.04. The zero-order chi connectivity index (χ0) is 18.4. The average Bonchev–Trinajstić information content (AvgIpc) is 2.60. The smallest absolute Gasteiger partial charge is 0.337 e. The van der Waals surface area contributed by atoms with Gasteiger partial charge in [0.15, 0.2) is 12.4 Å². The third kappa shape index (κ3) is 4.77. The molecule has 130 valence electrons. The molecule has 0 saturated carbocycles. The van der Waals surface area contributed by atoms with Crippen LogP contribution in [0.1, 0.15) is 15.9 Å². The average molecular weight is 344 g/mol. The fraction of sp³-hybridized carbons (Fsp3) is 0.176. The van der Waals surface area contributed by atoms with Gasteiger partial charge in [0.2, 0.25) is 0 Å². The van der Waals surface area contributed by atoms with E-state index in [1.54, 1.807) is 25.1 Å². The Balaban J connectivity index is 1.97. The number of anilines is 1. The van der Waals surface area contributed by atoms with Gasteiger partial charge in [0, 0.05) is 11.8 Å². The molecular formula is C17H16N2O6. The number of methoxy groups -OCH3 is 1. The maximum absolute atomic E-state index is 11.9. The largest absolute Gasteiger partial charge is 0.477 e. The summed E-state index contributed by atoms with van der Waals surface area (Å²) < 4.78 is 9.82. The number of aryl methyl sites for hydroxylation is 1. The molecule has 0 saturated heterocycles. The molecule has 1 amide bonds. The van der Waals surface area contributed by atoms with E-state index >= 15 is 0 Å². The lowest BCUT2D eigenvalue weighted by Crippen LogP contribution is -2.20. The molecule has 1 N–H and O–H groups in total. The molecule has 2 rings (SSSR count). The van der Waals surface area contributed by atoms with Gasteiger partial charge in [-0.05, 0) is 42.8 Å². The van der Waals surface area contributed by atoms with Gasteiger partial charge >= 0.3 is 11.7 Å². The highest BCUT2D eigenvalue weighted by Gasteiger charge is 2.16. The first kappa shape index (κ1) is 17.9. The summed E-state index contributed by atoms with van der Waals surface area (Å²) in [6, 6.07) is 10.6. The lowest BCUT2D eigenvalue weighted by atomic mass is 10.2. The Morgan fingerprint density at radius 3 is 2.44 bits per heavy atom. The van der Waals surface area contributed by atoms with Crippen LogP contribution in [0.2, 0.25) is 0 Å². The number of nitro groups is 1. The topological polar surface area (TPSA) is 108 Å². The van der Waals surface area contributed by atoms with Crippen LogP contribution in [0.4, 0.5) is 11.4 Å². The maximum Gasteiger partial charge on any atom is 0.337 e. The molecule has 0 fully saturated rings. The summed E-state index contributed by atoms with van der Waals surface area (Å²) in [7, 11) is 1.28. The monoisotopic (exact) mass is 344 g/mol. The van der Waals surface area contributed by atoms with Crippen molar-refractivity contribution in [1.29, 1.82) is 0 Å². The Labute approximate surface area is 143 Å². The number of carbonyl (C=O) groups excluding carboxylic acids is 2. The first-order valence-electron chi connectivity index (χ1n) is 7.27. The number of ether oxygens (including phenoxy) is 2. The molecule has 2 aromatic rings. The highest BCUT2D eigenvalue weighted by atomic mass is 16.6. The van der Waals surface area contributed by atoms with Crippen LogP contribution in [0.3, 0.4) is 0 Å². The molecule has 0 radical (unpaired) electrons. The van der Waals surface area contributed by atoms with Crippen LogP contribution in [0.25, 0.3) is 0 Å². The summed E-state index contributed by atoms with van der Waals surface area (Å²) in [4.78, 5) is 33.7. The van der Waals surface area contributed by atoms with E-state index in [1.807, 2.05) is 0 Å². The van der Waals surface area contributed by atoms with Gasteiger partial charge in [0.25, 0.3) is 5.91 Å². The van der Waals surface area contributed by atoms with Crippen molar-refractivity contribution in [2.45, 2.75) is 6.92 Å². The van der Waals surface area contributed by atoms with Gasteiger partial charge in [-0.3, -0.25) is 14.9 Å². The third-order valence-electron chi connectivity index (χ3n) is 3.26. The van der Waals surface area contributed by atoms with Crippen LogP contribution in [0.5, 0.6) is 5.75 Å². The second kappa shape index (κ2) is 7.91. The summed E-state index contributed by atoms with van der Waals surface area (Å²) in [6.07, 6.45) is 0. The summed E-state index contributed by atoms with van der Waals surface area (Å²) >= 11 is 0. The number of rotatable bonds is 6. The number of hydrogen-bond acceptors (Lipinski definition) is 6. The molecule has 0 spiro atoms. The lowest BCUT2D eigenvalue weighted by molar-refractivity contribution is -0.385. The van der Waals surface area contributed by atoms with Crippen molar-refractivity contribution in [3.8, 4) is 5.75 Å². The van der Waals surface area contributed by atoms with Crippen molar-refractivity contribution >= 4 is 23.3 Å². The number of hydrogen-bond donors (Lipinski definition) is 1. The van der Waals surface area contributed by atoms with Crippen molar-refractivity contribution in [3.05, 3.63) is 63.7 Å². The molecule has 0 aliphatic rings. The van der Waals surface area contributed by atoms with Crippen molar-refractivity contribution in [3.63, 3.8) is 0 Å². The zero-order valence-electron chi connectivity index (χ0n) is 13.6. The minimum absolute atomic E-state index is 0.0202. The molecule has 8 nitrogen and oxygen atoms in total. The predicted octanol–water partition coefficient (Wildman–Crippen LogP) is 2.71. The van der Waals surface area contributed by atoms with Crippen molar-refractivity contribution in [2.75, 3.05) is 19.0 Å². The Bertz CT molecular complexity index is 801. The van der Waals surface area contributed by atoms with Crippen molar-refractivity contribution < 1.29 is 24.0 Å². The molecule has 0 unspecified atom stereocenters. The summed E-state index contributed by atoms with van der Waals surface area (Å²) in [6.45, 7) is 1.34. The number of nitrogens with one attached hydrogen (secondary N) is 1. The number of benzene rings is 2. The zero-order valence-corrected chi connectivity index (χ0v) is 13.6. The first-order valence-corrected chi connectivity index (χ1v) is 7.27. The predicted molar refractivity (Wildman–Crippen MR) is 89.7 cm³/mol. The number of amides is 1. The normalized spacial score (nSPS) is 10.0. The van der Waals surface area contributed by atoms with Gasteiger partial charge < -0.3 is 14.8 Å². The Morgan fingerprint density at radius 2 is 1.84 bits per heavy atom. The van der Waals surface area contributed by atoms with Gasteiger partial charge in [-0.15, -0.1) is 0 Å². The van der Waals surface area contributed by atoms with E-state index in [0.29, 0.717) is 16.8 Å². The number of esters is 1. The Morgan fingerprint density at radius 1 is 1.16 bits per heavy atom. The van der Waals surface area contributed by atoms with Crippen LogP contribution in [0.15, 0.2) is 42.5 Å². The first-order chi connectivity index (χ1) is 11.9. The molecule has 0 aliphatic carbocycles. The van der Waals surface area contributed by atoms with E-state index in [0.717, 1.165) is 0 Å². The van der Waals surface area contributed by atoms with E-state index in [-0.39, 0.29) is 18.0 Å². The summed E-state index contributed by atoms with van der Waals surface area (Å²) in [5.74, 6) is -0.944. The summed E-state index contributed by atoms with van der Waals surface area (Å²) in [5, 5.41) is 13.6. The lowest BCUT2D eigenvalue weighted by Gasteiger charge is -2.08. The van der Waals surface area contributed by atoms with Gasteiger partial charge in [-0.1, -0.05) is 6.07 Å². The van der Waals surface area contributed by atoms with Gasteiger partial charge in [-0.25, -0.2) is 4.79 Å². The SMILES string of the molecule is COC(=O)c1ccc(NC(=O)COc2ccc(C)cc2[N+](=O)[O-])cc1. The second-order valence-electron chi connectivity index (χ2n) is 5.13. The quantitative estimate of drug-likeness (QED) is 0.490. The van der Waals surface area contributed by atoms with Crippen LogP contribution < -0.4 is 10.1 Å². The maximum atomic E-state index is 11.9. The van der Waals surface area contributed by atoms with Crippen LogP contribution in [-0.2, 0) is 9.53 Å². The fourth-order valence-corrected chi connectivity index (χ4v) is 2.04. The molecule has 0 heterocycles. The van der Waals surface area contributed by atoms with Gasteiger partial charge in [0.1, 0.15) is 0 Å². The standard InChI is InChI=1S/C17H16N2O6/c1-11-3-8-15(14(9-11)19(22)23)25-10-16(20)18-13-6-4-12(5-7-13)17(21)24-2/h3-9H,10H2,1-2H3,(H,18,20). The molecule has 0 aliphatic heterocycles. The van der Waals surface area contributed by atoms with Gasteiger partial charge in [-0.2, -0.15) is 0 Å². The Kier molecular flexibility index (Phi) is 5.67. The van der Waals surface area contributed by atoms with E-state index in [1.165, 1.54) is 31.4 Å². The molecule has 0 bridgehead atoms. The number of nitro benzene ring substituents is 1. The Hall–Kier alpha value is -3.42. The molecular weight excluding hydrogens is 328 g/mol. The number of carbonyl (C=O) groups is 2. The van der Waals surface area contributed by atoms with E-state index in [9.17, 15) is 19.7 Å². The minimum Gasteiger partial charge on any atom is -0.477 e.